The summed E-state index contributed by atoms with van der Waals surface area (Å²) in [5.74, 6) is 2.25. The first kappa shape index (κ1) is 9.50. The van der Waals surface area contributed by atoms with Gasteiger partial charge in [0.2, 0.25) is 0 Å². The Hall–Kier alpha value is -2.05. The monoisotopic (exact) mass is 198 g/mol. The molecule has 0 bridgehead atoms. The molecule has 1 atom stereocenters. The largest absolute Gasteiger partial charge is 0.376 e. The highest BCUT2D eigenvalue weighted by Gasteiger charge is 2.06. The third kappa shape index (κ3) is 1.90. The number of aromatic nitrogens is 2. The molecule has 0 aliphatic heterocycles. The summed E-state index contributed by atoms with van der Waals surface area (Å²) >= 11 is 0. The van der Waals surface area contributed by atoms with E-state index in [2.05, 4.69) is 11.0 Å². The van der Waals surface area contributed by atoms with Crippen molar-refractivity contribution >= 4 is 0 Å². The number of para-hydroxylation sites is 1. The van der Waals surface area contributed by atoms with Crippen molar-refractivity contribution in [1.29, 1.82) is 0 Å². The summed E-state index contributed by atoms with van der Waals surface area (Å²) < 4.78 is 1.68. The van der Waals surface area contributed by atoms with Crippen LogP contribution in [0, 0.1) is 12.3 Å². The zero-order valence-electron chi connectivity index (χ0n) is 8.04. The zero-order chi connectivity index (χ0) is 10.7. The van der Waals surface area contributed by atoms with Gasteiger partial charge in [-0.1, -0.05) is 24.1 Å². The number of nitrogens with zero attached hydrogens (tertiary/aromatic N) is 2. The van der Waals surface area contributed by atoms with Gasteiger partial charge < -0.3 is 5.11 Å². The van der Waals surface area contributed by atoms with Crippen LogP contribution in [0.5, 0.6) is 0 Å². The highest BCUT2D eigenvalue weighted by Crippen LogP contribution is 2.13. The van der Waals surface area contributed by atoms with Crippen LogP contribution in [0.15, 0.2) is 42.7 Å². The van der Waals surface area contributed by atoms with Crippen molar-refractivity contribution in [3.63, 3.8) is 0 Å². The molecule has 3 nitrogen and oxygen atoms in total. The Kier molecular flexibility index (Phi) is 2.53. The standard InChI is InChI=1S/C12H10N2O/c1-2-12(15)10-8-13-14(9-10)11-6-4-3-5-7-11/h1,3-9,12,15H. The molecule has 1 aromatic carbocycles. The maximum Gasteiger partial charge on any atom is 0.143 e. The fraction of sp³-hybridized carbons (Fsp3) is 0.0833. The van der Waals surface area contributed by atoms with E-state index >= 15 is 0 Å². The van der Waals surface area contributed by atoms with Gasteiger partial charge in [0.05, 0.1) is 11.9 Å². The van der Waals surface area contributed by atoms with E-state index in [0.29, 0.717) is 5.56 Å². The summed E-state index contributed by atoms with van der Waals surface area (Å²) in [4.78, 5) is 0. The van der Waals surface area contributed by atoms with Crippen LogP contribution >= 0.6 is 0 Å². The lowest BCUT2D eigenvalue weighted by Crippen LogP contribution is -1.94. The second-order valence-corrected chi connectivity index (χ2v) is 3.12. The second-order valence-electron chi connectivity index (χ2n) is 3.12. The van der Waals surface area contributed by atoms with E-state index in [1.165, 1.54) is 0 Å². The Bertz CT molecular complexity index is 482. The minimum absolute atomic E-state index is 0.626. The average Bonchev–Trinajstić information content (AvgIpc) is 2.78. The summed E-state index contributed by atoms with van der Waals surface area (Å²) in [6.45, 7) is 0. The Labute approximate surface area is 88.0 Å². The van der Waals surface area contributed by atoms with Crippen LogP contribution in [0.2, 0.25) is 0 Å². The van der Waals surface area contributed by atoms with Crippen LogP contribution in [-0.4, -0.2) is 14.9 Å². The van der Waals surface area contributed by atoms with E-state index in [1.807, 2.05) is 30.3 Å². The van der Waals surface area contributed by atoms with Gasteiger partial charge in [0.25, 0.3) is 0 Å². The van der Waals surface area contributed by atoms with Gasteiger partial charge >= 0.3 is 0 Å². The molecule has 2 rings (SSSR count). The third-order valence-corrected chi connectivity index (χ3v) is 2.10. The molecule has 0 spiro atoms. The van der Waals surface area contributed by atoms with Crippen molar-refractivity contribution in [1.82, 2.24) is 9.78 Å². The second kappa shape index (κ2) is 3.99. The van der Waals surface area contributed by atoms with Crippen molar-refractivity contribution in [3.8, 4) is 18.0 Å². The summed E-state index contributed by atoms with van der Waals surface area (Å²) in [5.41, 5.74) is 1.56. The molecule has 3 heteroatoms. The highest BCUT2D eigenvalue weighted by molar-refractivity contribution is 5.32. The number of hydrogen-bond acceptors (Lipinski definition) is 2. The topological polar surface area (TPSA) is 38.1 Å². The molecule has 0 saturated heterocycles. The van der Waals surface area contributed by atoms with Crippen molar-refractivity contribution in [3.05, 3.63) is 48.3 Å². The van der Waals surface area contributed by atoms with E-state index < -0.39 is 6.10 Å². The Morgan fingerprint density at radius 2 is 2.07 bits per heavy atom. The van der Waals surface area contributed by atoms with Gasteiger partial charge in [0, 0.05) is 11.8 Å². The first-order valence-corrected chi connectivity index (χ1v) is 4.55. The van der Waals surface area contributed by atoms with Crippen LogP contribution in [-0.2, 0) is 0 Å². The molecule has 74 valence electrons. The zero-order valence-corrected chi connectivity index (χ0v) is 8.04. The maximum absolute atomic E-state index is 9.40. The molecule has 0 aliphatic carbocycles. The lowest BCUT2D eigenvalue weighted by atomic mass is 10.2. The molecular formula is C12H10N2O. The molecule has 0 fully saturated rings. The van der Waals surface area contributed by atoms with Gasteiger partial charge in [-0.3, -0.25) is 0 Å². The molecule has 1 N–H and O–H groups in total. The van der Waals surface area contributed by atoms with Gasteiger partial charge in [0.15, 0.2) is 0 Å². The third-order valence-electron chi connectivity index (χ3n) is 2.10. The van der Waals surface area contributed by atoms with Crippen LogP contribution in [0.1, 0.15) is 11.7 Å². The van der Waals surface area contributed by atoms with Crippen LogP contribution in [0.25, 0.3) is 5.69 Å². The summed E-state index contributed by atoms with van der Waals surface area (Å²) in [5, 5.41) is 13.5. The van der Waals surface area contributed by atoms with Crippen molar-refractivity contribution in [2.45, 2.75) is 6.10 Å². The Morgan fingerprint density at radius 3 is 2.73 bits per heavy atom. The first-order chi connectivity index (χ1) is 7.31. The molecule has 0 saturated carbocycles. The van der Waals surface area contributed by atoms with E-state index in [9.17, 15) is 5.11 Å². The molecule has 15 heavy (non-hydrogen) atoms. The quantitative estimate of drug-likeness (QED) is 0.743. The lowest BCUT2D eigenvalue weighted by Gasteiger charge is -1.99. The number of terminal acetylenes is 1. The molecule has 1 heterocycles. The Balaban J connectivity index is 2.33. The Morgan fingerprint density at radius 1 is 1.33 bits per heavy atom. The number of rotatable bonds is 2. The fourth-order valence-electron chi connectivity index (χ4n) is 1.30. The lowest BCUT2D eigenvalue weighted by molar-refractivity contribution is 0.238. The maximum atomic E-state index is 9.40. The summed E-state index contributed by atoms with van der Waals surface area (Å²) in [7, 11) is 0. The van der Waals surface area contributed by atoms with Crippen LogP contribution < -0.4 is 0 Å². The molecule has 1 aromatic heterocycles. The van der Waals surface area contributed by atoms with E-state index in [0.717, 1.165) is 5.69 Å². The average molecular weight is 198 g/mol. The molecule has 2 aromatic rings. The molecular weight excluding hydrogens is 188 g/mol. The van der Waals surface area contributed by atoms with Gasteiger partial charge in [-0.15, -0.1) is 6.42 Å². The molecule has 0 amide bonds. The van der Waals surface area contributed by atoms with Crippen LogP contribution in [0.3, 0.4) is 0 Å². The van der Waals surface area contributed by atoms with E-state index in [4.69, 9.17) is 6.42 Å². The van der Waals surface area contributed by atoms with Crippen molar-refractivity contribution < 1.29 is 5.11 Å². The van der Waals surface area contributed by atoms with Crippen LogP contribution in [0.4, 0.5) is 0 Å². The normalized spacial score (nSPS) is 12.0. The first-order valence-electron chi connectivity index (χ1n) is 4.55. The minimum atomic E-state index is -0.887. The number of benzene rings is 1. The van der Waals surface area contributed by atoms with Crippen molar-refractivity contribution in [2.75, 3.05) is 0 Å². The number of aliphatic hydroxyl groups is 1. The molecule has 0 aliphatic rings. The SMILES string of the molecule is C#CC(O)c1cnn(-c2ccccc2)c1. The predicted molar refractivity (Wildman–Crippen MR) is 57.4 cm³/mol. The van der Waals surface area contributed by atoms with Gasteiger partial charge in [0.1, 0.15) is 6.10 Å². The molecule has 0 radical (unpaired) electrons. The smallest absolute Gasteiger partial charge is 0.143 e. The van der Waals surface area contributed by atoms with E-state index in [1.54, 1.807) is 17.1 Å². The number of hydrogen-bond donors (Lipinski definition) is 1. The van der Waals surface area contributed by atoms with E-state index in [-0.39, 0.29) is 0 Å². The minimum Gasteiger partial charge on any atom is -0.376 e. The van der Waals surface area contributed by atoms with Gasteiger partial charge in [-0.2, -0.15) is 5.10 Å². The fourth-order valence-corrected chi connectivity index (χ4v) is 1.30. The molecule has 1 unspecified atom stereocenters. The number of aliphatic hydroxyl groups excluding tert-OH is 1. The summed E-state index contributed by atoms with van der Waals surface area (Å²) in [6.07, 6.45) is 7.52. The highest BCUT2D eigenvalue weighted by atomic mass is 16.3. The summed E-state index contributed by atoms with van der Waals surface area (Å²) in [6, 6.07) is 9.64. The van der Waals surface area contributed by atoms with Crippen molar-refractivity contribution in [2.24, 2.45) is 0 Å². The van der Waals surface area contributed by atoms with Gasteiger partial charge in [-0.05, 0) is 12.1 Å². The predicted octanol–water partition coefficient (Wildman–Crippen LogP) is 1.54. The van der Waals surface area contributed by atoms with Gasteiger partial charge in [-0.25, -0.2) is 4.68 Å².